The molecule has 0 unspecified atom stereocenters. The number of aromatic nitrogens is 2. The van der Waals surface area contributed by atoms with Crippen LogP contribution < -0.4 is 10.3 Å². The van der Waals surface area contributed by atoms with Crippen LogP contribution in [0.25, 0.3) is 16.5 Å². The summed E-state index contributed by atoms with van der Waals surface area (Å²) in [5.74, 6) is -0.632. The number of nitrogens with zero attached hydrogens (tertiary/aromatic N) is 2. The zero-order valence-corrected chi connectivity index (χ0v) is 15.8. The number of ether oxygens (including phenoxy) is 1. The van der Waals surface area contributed by atoms with Gasteiger partial charge in [0, 0.05) is 5.39 Å². The lowest BCUT2D eigenvalue weighted by Gasteiger charge is -2.11. The molecule has 0 amide bonds. The molecule has 0 atom stereocenters. The highest BCUT2D eigenvalue weighted by atomic mass is 35.5. The number of hydrogen-bond acceptors (Lipinski definition) is 4. The Morgan fingerprint density at radius 3 is 2.29 bits per heavy atom. The summed E-state index contributed by atoms with van der Waals surface area (Å²) < 4.78 is 6.60. The Labute approximate surface area is 169 Å². The number of rotatable bonds is 3. The highest BCUT2D eigenvalue weighted by molar-refractivity contribution is 6.43. The van der Waals surface area contributed by atoms with E-state index in [2.05, 4.69) is 5.10 Å². The van der Waals surface area contributed by atoms with Crippen LogP contribution in [-0.4, -0.2) is 15.7 Å². The molecule has 0 saturated carbocycles. The van der Waals surface area contributed by atoms with Crippen LogP contribution in [0.1, 0.15) is 10.5 Å². The predicted molar refractivity (Wildman–Crippen MR) is 109 cm³/mol. The molecular weight excluding hydrogens is 399 g/mol. The minimum absolute atomic E-state index is 0.00454. The molecule has 3 aromatic carbocycles. The largest absolute Gasteiger partial charge is 0.420 e. The Morgan fingerprint density at radius 1 is 0.857 bits per heavy atom. The van der Waals surface area contributed by atoms with Crippen LogP contribution in [0.15, 0.2) is 77.6 Å². The minimum Gasteiger partial charge on any atom is -0.420 e. The van der Waals surface area contributed by atoms with Crippen LogP contribution in [0.4, 0.5) is 0 Å². The summed E-state index contributed by atoms with van der Waals surface area (Å²) in [6.07, 6.45) is 0. The molecule has 0 aliphatic heterocycles. The number of halogens is 2. The summed E-state index contributed by atoms with van der Waals surface area (Å²) in [5.41, 5.74) is 0.197. The Morgan fingerprint density at radius 2 is 1.54 bits per heavy atom. The van der Waals surface area contributed by atoms with E-state index in [9.17, 15) is 9.59 Å². The Balaban J connectivity index is 1.88. The van der Waals surface area contributed by atoms with E-state index in [4.69, 9.17) is 27.9 Å². The topological polar surface area (TPSA) is 61.2 Å². The van der Waals surface area contributed by atoms with E-state index in [0.29, 0.717) is 16.5 Å². The smallest absolute Gasteiger partial charge is 0.364 e. The summed E-state index contributed by atoms with van der Waals surface area (Å²) in [7, 11) is 0. The molecule has 0 bridgehead atoms. The lowest BCUT2D eigenvalue weighted by molar-refractivity contribution is 0.0729. The van der Waals surface area contributed by atoms with Gasteiger partial charge in [-0.2, -0.15) is 9.78 Å². The van der Waals surface area contributed by atoms with Gasteiger partial charge in [-0.15, -0.1) is 0 Å². The fourth-order valence-corrected chi connectivity index (χ4v) is 3.13. The van der Waals surface area contributed by atoms with Gasteiger partial charge in [-0.25, -0.2) is 4.79 Å². The second-order valence-corrected chi connectivity index (χ2v) is 6.67. The number of carbonyl (C=O) groups is 1. The van der Waals surface area contributed by atoms with Gasteiger partial charge in [0.05, 0.1) is 16.1 Å². The lowest BCUT2D eigenvalue weighted by atomic mass is 10.1. The van der Waals surface area contributed by atoms with Crippen molar-refractivity contribution < 1.29 is 9.53 Å². The normalized spacial score (nSPS) is 10.8. The zero-order chi connectivity index (χ0) is 19.7. The molecule has 0 aliphatic carbocycles. The second kappa shape index (κ2) is 7.46. The minimum atomic E-state index is -0.745. The van der Waals surface area contributed by atoms with Gasteiger partial charge in [-0.05, 0) is 30.3 Å². The monoisotopic (exact) mass is 410 g/mol. The molecule has 7 heteroatoms. The van der Waals surface area contributed by atoms with Crippen LogP contribution in [0.5, 0.6) is 5.75 Å². The van der Waals surface area contributed by atoms with Crippen molar-refractivity contribution in [3.05, 3.63) is 98.9 Å². The molecule has 4 rings (SSSR count). The average Bonchev–Trinajstić information content (AvgIpc) is 2.72. The maximum Gasteiger partial charge on any atom is 0.364 e. The maximum absolute atomic E-state index is 12.9. The Bertz CT molecular complexity index is 1250. The number of para-hydroxylation sites is 1. The first kappa shape index (κ1) is 18.2. The summed E-state index contributed by atoms with van der Waals surface area (Å²) >= 11 is 12.1. The van der Waals surface area contributed by atoms with Crippen LogP contribution in [-0.2, 0) is 0 Å². The molecule has 5 nitrogen and oxygen atoms in total. The van der Waals surface area contributed by atoms with Gasteiger partial charge in [0.25, 0.3) is 5.56 Å². The SMILES string of the molecule is O=C(Oc1cccc(Cl)c1Cl)c1nn(-c2ccccc2)c(=O)c2ccccc12. The summed E-state index contributed by atoms with van der Waals surface area (Å²) in [6.45, 7) is 0. The van der Waals surface area contributed by atoms with Crippen molar-refractivity contribution in [2.45, 2.75) is 0 Å². The highest BCUT2D eigenvalue weighted by Crippen LogP contribution is 2.32. The highest BCUT2D eigenvalue weighted by Gasteiger charge is 2.20. The second-order valence-electron chi connectivity index (χ2n) is 5.89. The fourth-order valence-electron chi connectivity index (χ4n) is 2.80. The van der Waals surface area contributed by atoms with E-state index in [0.717, 1.165) is 0 Å². The Kier molecular flexibility index (Phi) is 4.86. The number of esters is 1. The van der Waals surface area contributed by atoms with Gasteiger partial charge in [-0.3, -0.25) is 4.79 Å². The third-order valence-electron chi connectivity index (χ3n) is 4.12. The molecule has 138 valence electrons. The Hall–Kier alpha value is -3.15. The van der Waals surface area contributed by atoms with Crippen LogP contribution in [0.2, 0.25) is 10.0 Å². The first-order chi connectivity index (χ1) is 13.6. The van der Waals surface area contributed by atoms with Gasteiger partial charge in [0.15, 0.2) is 11.4 Å². The molecule has 1 aromatic heterocycles. The third-order valence-corrected chi connectivity index (χ3v) is 4.92. The fraction of sp³-hybridized carbons (Fsp3) is 0. The van der Waals surface area contributed by atoms with Gasteiger partial charge < -0.3 is 4.74 Å². The molecule has 0 radical (unpaired) electrons. The van der Waals surface area contributed by atoms with Crippen molar-refractivity contribution in [1.29, 1.82) is 0 Å². The molecule has 0 spiro atoms. The van der Waals surface area contributed by atoms with Gasteiger partial charge in [0.1, 0.15) is 5.02 Å². The summed E-state index contributed by atoms with van der Waals surface area (Å²) in [6, 6.07) is 20.3. The van der Waals surface area contributed by atoms with Gasteiger partial charge in [-0.1, -0.05) is 65.7 Å². The number of fused-ring (bicyclic) bond motifs is 1. The zero-order valence-electron chi connectivity index (χ0n) is 14.3. The van der Waals surface area contributed by atoms with E-state index in [-0.39, 0.29) is 27.0 Å². The van der Waals surface area contributed by atoms with E-state index in [1.165, 1.54) is 10.7 Å². The van der Waals surface area contributed by atoms with Gasteiger partial charge in [0.2, 0.25) is 0 Å². The molecule has 0 fully saturated rings. The van der Waals surface area contributed by atoms with E-state index in [1.807, 2.05) is 6.07 Å². The lowest BCUT2D eigenvalue weighted by Crippen LogP contribution is -2.25. The standard InChI is InChI=1S/C21H12Cl2N2O3/c22-16-11-6-12-17(18(16)23)28-21(27)19-14-9-4-5-10-15(14)20(26)25(24-19)13-7-2-1-3-8-13/h1-12H. The van der Waals surface area contributed by atoms with E-state index < -0.39 is 5.97 Å². The summed E-state index contributed by atoms with van der Waals surface area (Å²) in [5, 5.41) is 5.40. The third kappa shape index (κ3) is 3.26. The van der Waals surface area contributed by atoms with Crippen molar-refractivity contribution in [2.75, 3.05) is 0 Å². The van der Waals surface area contributed by atoms with Crippen molar-refractivity contribution >= 4 is 39.9 Å². The molecule has 1 heterocycles. The molecule has 4 aromatic rings. The molecule has 0 N–H and O–H groups in total. The van der Waals surface area contributed by atoms with Crippen LogP contribution in [0.3, 0.4) is 0 Å². The van der Waals surface area contributed by atoms with Gasteiger partial charge >= 0.3 is 5.97 Å². The van der Waals surface area contributed by atoms with Crippen LogP contribution in [0, 0.1) is 0 Å². The number of benzene rings is 3. The molecular formula is C21H12Cl2N2O3. The van der Waals surface area contributed by atoms with Crippen molar-refractivity contribution in [1.82, 2.24) is 9.78 Å². The predicted octanol–water partition coefficient (Wildman–Crippen LogP) is 4.91. The first-order valence-electron chi connectivity index (χ1n) is 8.30. The number of hydrogen-bond donors (Lipinski definition) is 0. The average molecular weight is 411 g/mol. The molecule has 0 aliphatic rings. The van der Waals surface area contributed by atoms with Crippen molar-refractivity contribution in [3.8, 4) is 11.4 Å². The van der Waals surface area contributed by atoms with Crippen molar-refractivity contribution in [3.63, 3.8) is 0 Å². The van der Waals surface area contributed by atoms with Crippen LogP contribution >= 0.6 is 23.2 Å². The molecule has 0 saturated heterocycles. The van der Waals surface area contributed by atoms with E-state index in [1.54, 1.807) is 60.7 Å². The van der Waals surface area contributed by atoms with E-state index >= 15 is 0 Å². The molecule has 28 heavy (non-hydrogen) atoms. The number of carbonyl (C=O) groups excluding carboxylic acids is 1. The van der Waals surface area contributed by atoms with Crippen molar-refractivity contribution in [2.24, 2.45) is 0 Å². The summed E-state index contributed by atoms with van der Waals surface area (Å²) in [4.78, 5) is 25.8. The maximum atomic E-state index is 12.9. The quantitative estimate of drug-likeness (QED) is 0.355. The first-order valence-corrected chi connectivity index (χ1v) is 9.05.